The SMILES string of the molecule is CCCCCCOc1ccc(S(=O)(=O)NC(=O)NCCCC)c(C)c1. The van der Waals surface area contributed by atoms with E-state index in [1.165, 1.54) is 18.9 Å². The Kier molecular flexibility index (Phi) is 9.34. The summed E-state index contributed by atoms with van der Waals surface area (Å²) in [7, 11) is -3.89. The lowest BCUT2D eigenvalue weighted by Crippen LogP contribution is -2.39. The van der Waals surface area contributed by atoms with Gasteiger partial charge in [-0.2, -0.15) is 0 Å². The van der Waals surface area contributed by atoms with Crippen LogP contribution in [-0.4, -0.2) is 27.6 Å². The first-order valence-electron chi connectivity index (χ1n) is 8.94. The molecule has 1 aromatic rings. The molecule has 0 spiro atoms. The lowest BCUT2D eigenvalue weighted by molar-refractivity contribution is 0.245. The summed E-state index contributed by atoms with van der Waals surface area (Å²) in [5.74, 6) is 0.639. The zero-order chi connectivity index (χ0) is 18.7. The van der Waals surface area contributed by atoms with Gasteiger partial charge in [0.1, 0.15) is 5.75 Å². The molecular formula is C18H30N2O4S. The minimum absolute atomic E-state index is 0.0801. The van der Waals surface area contributed by atoms with E-state index in [1.54, 1.807) is 19.1 Å². The molecule has 142 valence electrons. The number of nitrogens with one attached hydrogen (secondary N) is 2. The second kappa shape index (κ2) is 11.0. The molecule has 0 saturated carbocycles. The van der Waals surface area contributed by atoms with Gasteiger partial charge in [0.05, 0.1) is 11.5 Å². The maximum absolute atomic E-state index is 12.3. The van der Waals surface area contributed by atoms with Crippen LogP contribution >= 0.6 is 0 Å². The Morgan fingerprint density at radius 1 is 1.08 bits per heavy atom. The van der Waals surface area contributed by atoms with E-state index in [4.69, 9.17) is 4.74 Å². The third-order valence-corrected chi connectivity index (χ3v) is 5.24. The van der Waals surface area contributed by atoms with Crippen LogP contribution in [0.1, 0.15) is 57.9 Å². The smallest absolute Gasteiger partial charge is 0.328 e. The van der Waals surface area contributed by atoms with Crippen LogP contribution in [0.4, 0.5) is 4.79 Å². The Morgan fingerprint density at radius 3 is 2.44 bits per heavy atom. The van der Waals surface area contributed by atoms with Crippen molar-refractivity contribution in [3.63, 3.8) is 0 Å². The average molecular weight is 371 g/mol. The molecule has 1 rings (SSSR count). The highest BCUT2D eigenvalue weighted by Gasteiger charge is 2.20. The topological polar surface area (TPSA) is 84.5 Å². The highest BCUT2D eigenvalue weighted by molar-refractivity contribution is 7.90. The number of ether oxygens (including phenoxy) is 1. The average Bonchev–Trinajstić information content (AvgIpc) is 2.54. The molecule has 7 heteroatoms. The summed E-state index contributed by atoms with van der Waals surface area (Å²) in [6.07, 6.45) is 6.19. The molecule has 2 N–H and O–H groups in total. The van der Waals surface area contributed by atoms with Crippen LogP contribution in [0.5, 0.6) is 5.75 Å². The monoisotopic (exact) mass is 370 g/mol. The summed E-state index contributed by atoms with van der Waals surface area (Å²) in [5, 5.41) is 2.53. The Labute approximate surface area is 151 Å². The van der Waals surface area contributed by atoms with Crippen molar-refractivity contribution in [1.29, 1.82) is 0 Å². The van der Waals surface area contributed by atoms with Gasteiger partial charge in [-0.1, -0.05) is 39.5 Å². The predicted molar refractivity (Wildman–Crippen MR) is 99.4 cm³/mol. The van der Waals surface area contributed by atoms with E-state index in [-0.39, 0.29) is 4.90 Å². The number of aryl methyl sites for hydroxylation is 1. The number of hydrogen-bond acceptors (Lipinski definition) is 4. The number of rotatable bonds is 11. The Hall–Kier alpha value is -1.76. The van der Waals surface area contributed by atoms with Crippen LogP contribution < -0.4 is 14.8 Å². The zero-order valence-corrected chi connectivity index (χ0v) is 16.2. The number of hydrogen-bond donors (Lipinski definition) is 2. The van der Waals surface area contributed by atoms with E-state index in [9.17, 15) is 13.2 Å². The summed E-state index contributed by atoms with van der Waals surface area (Å²) in [4.78, 5) is 11.8. The largest absolute Gasteiger partial charge is 0.494 e. The van der Waals surface area contributed by atoms with Crippen molar-refractivity contribution in [2.45, 2.75) is 64.2 Å². The number of urea groups is 1. The van der Waals surface area contributed by atoms with E-state index in [2.05, 4.69) is 12.2 Å². The summed E-state index contributed by atoms with van der Waals surface area (Å²) in [6, 6.07) is 4.07. The van der Waals surface area contributed by atoms with E-state index in [0.29, 0.717) is 24.5 Å². The predicted octanol–water partition coefficient (Wildman–Crippen LogP) is 3.74. The Balaban J connectivity index is 2.63. The van der Waals surface area contributed by atoms with Gasteiger partial charge in [0.25, 0.3) is 10.0 Å². The molecule has 6 nitrogen and oxygen atoms in total. The van der Waals surface area contributed by atoms with Crippen molar-refractivity contribution >= 4 is 16.1 Å². The number of carbonyl (C=O) groups excluding carboxylic acids is 1. The lowest BCUT2D eigenvalue weighted by atomic mass is 10.2. The summed E-state index contributed by atoms with van der Waals surface area (Å²) in [5.41, 5.74) is 0.542. The number of benzene rings is 1. The maximum Gasteiger partial charge on any atom is 0.328 e. The quantitative estimate of drug-likeness (QED) is 0.581. The van der Waals surface area contributed by atoms with Gasteiger partial charge >= 0.3 is 6.03 Å². The van der Waals surface area contributed by atoms with Crippen LogP contribution in [0, 0.1) is 6.92 Å². The fraction of sp³-hybridized carbons (Fsp3) is 0.611. The maximum atomic E-state index is 12.3. The normalized spacial score (nSPS) is 11.2. The fourth-order valence-electron chi connectivity index (χ4n) is 2.32. The van der Waals surface area contributed by atoms with Gasteiger partial charge in [0.2, 0.25) is 0 Å². The highest BCUT2D eigenvalue weighted by atomic mass is 32.2. The molecule has 0 aromatic heterocycles. The number of amides is 2. The minimum Gasteiger partial charge on any atom is -0.494 e. The molecule has 0 bridgehead atoms. The van der Waals surface area contributed by atoms with Gasteiger partial charge in [-0.3, -0.25) is 0 Å². The van der Waals surface area contributed by atoms with Crippen molar-refractivity contribution in [2.24, 2.45) is 0 Å². The molecule has 0 heterocycles. The van der Waals surface area contributed by atoms with Crippen LogP contribution in [0.2, 0.25) is 0 Å². The van der Waals surface area contributed by atoms with Crippen LogP contribution in [-0.2, 0) is 10.0 Å². The van der Waals surface area contributed by atoms with Gasteiger partial charge in [0.15, 0.2) is 0 Å². The van der Waals surface area contributed by atoms with Gasteiger partial charge in [-0.25, -0.2) is 17.9 Å². The van der Waals surface area contributed by atoms with E-state index in [1.807, 2.05) is 11.6 Å². The number of carbonyl (C=O) groups is 1. The third-order valence-electron chi connectivity index (χ3n) is 3.75. The van der Waals surface area contributed by atoms with Crippen LogP contribution in [0.3, 0.4) is 0 Å². The molecule has 0 aliphatic carbocycles. The molecular weight excluding hydrogens is 340 g/mol. The highest BCUT2D eigenvalue weighted by Crippen LogP contribution is 2.21. The molecule has 0 unspecified atom stereocenters. The summed E-state index contributed by atoms with van der Waals surface area (Å²) < 4.78 is 32.3. The zero-order valence-electron chi connectivity index (χ0n) is 15.4. The van der Waals surface area contributed by atoms with Crippen molar-refractivity contribution in [2.75, 3.05) is 13.2 Å². The first-order chi connectivity index (χ1) is 11.9. The van der Waals surface area contributed by atoms with Gasteiger partial charge in [-0.05, 0) is 43.5 Å². The second-order valence-corrected chi connectivity index (χ2v) is 7.70. The van der Waals surface area contributed by atoms with Crippen molar-refractivity contribution < 1.29 is 17.9 Å². The molecule has 0 aliphatic rings. The molecule has 1 aromatic carbocycles. The number of unbranched alkanes of at least 4 members (excludes halogenated alkanes) is 4. The molecule has 25 heavy (non-hydrogen) atoms. The molecule has 0 radical (unpaired) electrons. The number of sulfonamides is 1. The van der Waals surface area contributed by atoms with Gasteiger partial charge in [-0.15, -0.1) is 0 Å². The molecule has 0 atom stereocenters. The van der Waals surface area contributed by atoms with Gasteiger partial charge < -0.3 is 10.1 Å². The minimum atomic E-state index is -3.89. The van der Waals surface area contributed by atoms with Crippen molar-refractivity contribution in [3.8, 4) is 5.75 Å². The van der Waals surface area contributed by atoms with Crippen LogP contribution in [0.15, 0.2) is 23.1 Å². The van der Waals surface area contributed by atoms with E-state index < -0.39 is 16.1 Å². The van der Waals surface area contributed by atoms with Gasteiger partial charge in [0, 0.05) is 6.54 Å². The van der Waals surface area contributed by atoms with Crippen molar-refractivity contribution in [1.82, 2.24) is 10.0 Å². The molecule has 0 aliphatic heterocycles. The van der Waals surface area contributed by atoms with E-state index in [0.717, 1.165) is 25.7 Å². The Bertz CT molecular complexity index is 644. The first-order valence-corrected chi connectivity index (χ1v) is 10.4. The summed E-state index contributed by atoms with van der Waals surface area (Å²) in [6.45, 7) is 6.90. The molecule has 0 fully saturated rings. The van der Waals surface area contributed by atoms with Crippen molar-refractivity contribution in [3.05, 3.63) is 23.8 Å². The van der Waals surface area contributed by atoms with E-state index >= 15 is 0 Å². The summed E-state index contributed by atoms with van der Waals surface area (Å²) >= 11 is 0. The Morgan fingerprint density at radius 2 is 1.80 bits per heavy atom. The standard InChI is InChI=1S/C18H30N2O4S/c1-4-6-8-9-13-24-16-10-11-17(15(3)14-16)25(22,23)20-18(21)19-12-7-5-2/h10-11,14H,4-9,12-13H2,1-3H3,(H2,19,20,21). The third kappa shape index (κ3) is 7.77. The second-order valence-electron chi connectivity index (χ2n) is 6.05. The lowest BCUT2D eigenvalue weighted by Gasteiger charge is -2.12. The molecule has 2 amide bonds. The first kappa shape index (κ1) is 21.3. The van der Waals surface area contributed by atoms with Crippen LogP contribution in [0.25, 0.3) is 0 Å². The molecule has 0 saturated heterocycles. The fourth-order valence-corrected chi connectivity index (χ4v) is 3.48.